The first kappa shape index (κ1) is 16.7. The molecule has 8 aliphatic rings. The summed E-state index contributed by atoms with van der Waals surface area (Å²) in [4.78, 5) is 27.4. The minimum absolute atomic E-state index is 0.244. The number of hydrogen-bond donors (Lipinski definition) is 0. The third-order valence-corrected chi connectivity index (χ3v) is 9.32. The van der Waals surface area contributed by atoms with E-state index in [-0.39, 0.29) is 11.6 Å². The second-order valence-corrected chi connectivity index (χ2v) is 11.0. The Morgan fingerprint density at radius 2 is 1.00 bits per heavy atom. The first-order valence-electron chi connectivity index (χ1n) is 10.9. The fraction of sp³-hybridized carbons (Fsp3) is 0.750. The largest absolute Gasteiger partial charge is 0.353 e. The van der Waals surface area contributed by atoms with Crippen LogP contribution in [0.25, 0.3) is 0 Å². The van der Waals surface area contributed by atoms with Crippen LogP contribution < -0.4 is 0 Å². The quantitative estimate of drug-likeness (QED) is 0.692. The Morgan fingerprint density at radius 1 is 0.667 bits per heavy atom. The molecule has 8 fully saturated rings. The molecule has 0 spiro atoms. The smallest absolute Gasteiger partial charge is 0.174 e. The molecule has 27 heavy (non-hydrogen) atoms. The molecule has 4 atom stereocenters. The van der Waals surface area contributed by atoms with Crippen LogP contribution in [0.1, 0.15) is 64.2 Å². The van der Waals surface area contributed by atoms with Crippen LogP contribution in [0.2, 0.25) is 0 Å². The van der Waals surface area contributed by atoms with Gasteiger partial charge in [0.15, 0.2) is 11.6 Å². The molecular formula is C24H30O3. The standard InChI is InChI=1S/C24H30O3/c1-3-21-7-15-5-16(8-21)12-23(11-15,19(21)25)27-24-13-17-6-18(14-24)10-22(4-2,9-17)20(24)26/h3-4,15-18H,1-2,5-14H2. The lowest BCUT2D eigenvalue weighted by molar-refractivity contribution is -0.249. The number of carbonyl (C=O) groups is 2. The second kappa shape index (κ2) is 4.84. The maximum Gasteiger partial charge on any atom is 0.174 e. The van der Waals surface area contributed by atoms with Gasteiger partial charge in [-0.15, -0.1) is 13.2 Å². The molecule has 8 saturated carbocycles. The average molecular weight is 367 g/mol. The van der Waals surface area contributed by atoms with Crippen molar-refractivity contribution in [1.29, 1.82) is 0 Å². The summed E-state index contributed by atoms with van der Waals surface area (Å²) in [5, 5.41) is 0. The van der Waals surface area contributed by atoms with Gasteiger partial charge in [-0.3, -0.25) is 9.59 Å². The normalized spacial score (nSPS) is 57.3. The zero-order chi connectivity index (χ0) is 18.7. The van der Waals surface area contributed by atoms with E-state index in [1.807, 2.05) is 12.2 Å². The van der Waals surface area contributed by atoms with Crippen LogP contribution in [0.5, 0.6) is 0 Å². The molecule has 4 unspecified atom stereocenters. The van der Waals surface area contributed by atoms with E-state index >= 15 is 0 Å². The van der Waals surface area contributed by atoms with Crippen LogP contribution in [0.4, 0.5) is 0 Å². The number of Topliss-reactive ketones (excluding diaryl/α,β-unsaturated/α-hetero) is 2. The lowest BCUT2D eigenvalue weighted by Gasteiger charge is -2.65. The molecule has 8 aliphatic carbocycles. The van der Waals surface area contributed by atoms with Crippen LogP contribution in [-0.2, 0) is 14.3 Å². The first-order valence-corrected chi connectivity index (χ1v) is 10.9. The van der Waals surface area contributed by atoms with Gasteiger partial charge in [0.1, 0.15) is 11.2 Å². The van der Waals surface area contributed by atoms with E-state index < -0.39 is 22.0 Å². The number of carbonyl (C=O) groups excluding carboxylic acids is 2. The third kappa shape index (κ3) is 1.88. The Morgan fingerprint density at radius 3 is 1.30 bits per heavy atom. The molecule has 0 aliphatic heterocycles. The Kier molecular flexibility index (Phi) is 3.00. The topological polar surface area (TPSA) is 43.4 Å². The van der Waals surface area contributed by atoms with Gasteiger partial charge in [0.25, 0.3) is 0 Å². The van der Waals surface area contributed by atoms with Crippen LogP contribution >= 0.6 is 0 Å². The summed E-state index contributed by atoms with van der Waals surface area (Å²) in [6.45, 7) is 8.08. The van der Waals surface area contributed by atoms with Crippen LogP contribution in [0.3, 0.4) is 0 Å². The zero-order valence-corrected chi connectivity index (χ0v) is 16.2. The Balaban J connectivity index is 1.42. The monoisotopic (exact) mass is 366 g/mol. The van der Waals surface area contributed by atoms with Gasteiger partial charge in [0.2, 0.25) is 0 Å². The number of hydrogen-bond acceptors (Lipinski definition) is 3. The van der Waals surface area contributed by atoms with E-state index in [0.717, 1.165) is 51.4 Å². The van der Waals surface area contributed by atoms with Crippen molar-refractivity contribution in [3.8, 4) is 0 Å². The van der Waals surface area contributed by atoms with Gasteiger partial charge in [-0.25, -0.2) is 0 Å². The summed E-state index contributed by atoms with van der Waals surface area (Å²) in [6.07, 6.45) is 13.3. The summed E-state index contributed by atoms with van der Waals surface area (Å²) in [5.41, 5.74) is -2.26. The van der Waals surface area contributed by atoms with Crippen LogP contribution in [0, 0.1) is 34.5 Å². The van der Waals surface area contributed by atoms with Crippen molar-refractivity contribution >= 4 is 11.6 Å². The van der Waals surface area contributed by atoms with Crippen molar-refractivity contribution in [2.24, 2.45) is 34.5 Å². The van der Waals surface area contributed by atoms with Gasteiger partial charge >= 0.3 is 0 Å². The Bertz CT molecular complexity index is 684. The summed E-state index contributed by atoms with van der Waals surface area (Å²) in [7, 11) is 0. The van der Waals surface area contributed by atoms with Gasteiger partial charge in [-0.05, 0) is 87.9 Å². The van der Waals surface area contributed by atoms with E-state index in [1.54, 1.807) is 0 Å². The molecule has 0 radical (unpaired) electrons. The molecule has 3 nitrogen and oxygen atoms in total. The fourth-order valence-corrected chi connectivity index (χ4v) is 8.96. The molecule has 0 N–H and O–H groups in total. The predicted molar refractivity (Wildman–Crippen MR) is 102 cm³/mol. The fourth-order valence-electron chi connectivity index (χ4n) is 8.96. The third-order valence-electron chi connectivity index (χ3n) is 9.32. The summed E-state index contributed by atoms with van der Waals surface area (Å²) in [6, 6.07) is 0. The van der Waals surface area contributed by atoms with Crippen molar-refractivity contribution in [3.63, 3.8) is 0 Å². The van der Waals surface area contributed by atoms with E-state index in [9.17, 15) is 9.59 Å². The molecule has 8 bridgehead atoms. The maximum atomic E-state index is 13.7. The highest BCUT2D eigenvalue weighted by Crippen LogP contribution is 2.66. The minimum atomic E-state index is -0.734. The van der Waals surface area contributed by atoms with Crippen LogP contribution in [0.15, 0.2) is 25.3 Å². The molecule has 144 valence electrons. The van der Waals surface area contributed by atoms with Gasteiger partial charge in [0, 0.05) is 0 Å². The Labute approximate surface area is 161 Å². The SMILES string of the molecule is C=CC12CC3CC(C1)CC(OC14CC5CC(CC(C=C)(C5)C1=O)C4)(C3)C2=O. The Hall–Kier alpha value is -1.22. The molecule has 0 amide bonds. The molecular weight excluding hydrogens is 336 g/mol. The van der Waals surface area contributed by atoms with Crippen molar-refractivity contribution in [3.05, 3.63) is 25.3 Å². The summed E-state index contributed by atoms with van der Waals surface area (Å²) in [5.74, 6) is 2.68. The highest BCUT2D eigenvalue weighted by Gasteiger charge is 2.70. The first-order chi connectivity index (χ1) is 12.9. The molecule has 3 heteroatoms. The highest BCUT2D eigenvalue weighted by molar-refractivity contribution is 5.99. The molecule has 0 aromatic carbocycles. The van der Waals surface area contributed by atoms with E-state index in [0.29, 0.717) is 23.7 Å². The van der Waals surface area contributed by atoms with E-state index in [4.69, 9.17) is 4.74 Å². The van der Waals surface area contributed by atoms with Crippen molar-refractivity contribution in [2.45, 2.75) is 75.4 Å². The number of allylic oxidation sites excluding steroid dienone is 2. The van der Waals surface area contributed by atoms with Crippen molar-refractivity contribution in [1.82, 2.24) is 0 Å². The van der Waals surface area contributed by atoms with Gasteiger partial charge in [-0.2, -0.15) is 0 Å². The lowest BCUT2D eigenvalue weighted by atomic mass is 9.45. The molecule has 0 heterocycles. The number of rotatable bonds is 4. The van der Waals surface area contributed by atoms with Gasteiger partial charge in [0.05, 0.1) is 10.8 Å². The van der Waals surface area contributed by atoms with Gasteiger partial charge < -0.3 is 4.74 Å². The summed E-state index contributed by atoms with van der Waals surface area (Å²) >= 11 is 0. The lowest BCUT2D eigenvalue weighted by Crippen LogP contribution is -2.71. The molecule has 0 aromatic rings. The molecule has 8 rings (SSSR count). The van der Waals surface area contributed by atoms with Gasteiger partial charge in [-0.1, -0.05) is 12.2 Å². The van der Waals surface area contributed by atoms with Crippen molar-refractivity contribution in [2.75, 3.05) is 0 Å². The molecule has 0 saturated heterocycles. The minimum Gasteiger partial charge on any atom is -0.353 e. The van der Waals surface area contributed by atoms with E-state index in [1.165, 1.54) is 12.8 Å². The summed E-state index contributed by atoms with van der Waals surface area (Å²) < 4.78 is 6.93. The van der Waals surface area contributed by atoms with E-state index in [2.05, 4.69) is 13.2 Å². The highest BCUT2D eigenvalue weighted by atomic mass is 16.5. The predicted octanol–water partition coefficient (Wildman–Crippen LogP) is 4.41. The number of ether oxygens (including phenoxy) is 1. The van der Waals surface area contributed by atoms with Crippen LogP contribution in [-0.4, -0.2) is 22.8 Å². The average Bonchev–Trinajstić information content (AvgIpc) is 2.62. The zero-order valence-electron chi connectivity index (χ0n) is 16.2. The molecule has 0 aromatic heterocycles. The number of ketones is 2. The second-order valence-electron chi connectivity index (χ2n) is 11.0. The maximum absolute atomic E-state index is 13.7. The van der Waals surface area contributed by atoms with Crippen molar-refractivity contribution < 1.29 is 14.3 Å².